The van der Waals surface area contributed by atoms with Gasteiger partial charge in [0.1, 0.15) is 5.75 Å². The molecule has 1 aromatic heterocycles. The van der Waals surface area contributed by atoms with Crippen LogP contribution < -0.4 is 9.64 Å². The molecule has 0 aliphatic carbocycles. The molecule has 2 heterocycles. The maximum absolute atomic E-state index is 13.3. The Morgan fingerprint density at radius 2 is 1.63 bits per heavy atom. The number of thioether (sulfide) groups is 1. The lowest BCUT2D eigenvalue weighted by molar-refractivity contribution is -0.119. The zero-order valence-electron chi connectivity index (χ0n) is 14.4. The number of anilines is 1. The van der Waals surface area contributed by atoms with Crippen molar-refractivity contribution in [3.63, 3.8) is 0 Å². The van der Waals surface area contributed by atoms with E-state index in [1.807, 2.05) is 47.8 Å². The summed E-state index contributed by atoms with van der Waals surface area (Å²) >= 11 is 2.76. The van der Waals surface area contributed by atoms with Crippen molar-refractivity contribution in [3.8, 4) is 5.75 Å². The number of methoxy groups -OCH3 is 1. The van der Waals surface area contributed by atoms with Crippen LogP contribution in [0.1, 0.15) is 4.88 Å². The largest absolute Gasteiger partial charge is 0.495 e. The fraction of sp³-hybridized carbons (Fsp3) is 0.0476. The number of para-hydroxylation sites is 2. The number of carbonyl (C=O) groups is 2. The molecule has 4 rings (SSSR count). The average Bonchev–Trinajstić information content (AvgIpc) is 3.30. The number of hydrogen-bond acceptors (Lipinski definition) is 5. The molecule has 0 saturated carbocycles. The van der Waals surface area contributed by atoms with E-state index in [1.165, 1.54) is 35.1 Å². The highest BCUT2D eigenvalue weighted by atomic mass is 32.2. The number of ether oxygens (including phenoxy) is 1. The SMILES string of the molecule is COc1ccccc1N1C(=O)C(Sc2ccccc2)=C(c2cccs2)C1=O. The number of rotatable bonds is 5. The lowest BCUT2D eigenvalue weighted by atomic mass is 10.2. The zero-order valence-corrected chi connectivity index (χ0v) is 16.0. The van der Waals surface area contributed by atoms with Crippen molar-refractivity contribution in [1.82, 2.24) is 0 Å². The maximum atomic E-state index is 13.3. The predicted molar refractivity (Wildman–Crippen MR) is 109 cm³/mol. The third-order valence-corrected chi connectivity index (χ3v) is 6.08. The van der Waals surface area contributed by atoms with E-state index < -0.39 is 0 Å². The van der Waals surface area contributed by atoms with E-state index in [1.54, 1.807) is 24.3 Å². The molecule has 0 fully saturated rings. The molecular weight excluding hydrogens is 378 g/mol. The molecule has 0 bridgehead atoms. The molecule has 1 aliphatic heterocycles. The number of carbonyl (C=O) groups excluding carboxylic acids is 2. The van der Waals surface area contributed by atoms with E-state index in [0.717, 1.165) is 9.77 Å². The van der Waals surface area contributed by atoms with Gasteiger partial charge in [0.2, 0.25) is 0 Å². The van der Waals surface area contributed by atoms with Gasteiger partial charge in [-0.3, -0.25) is 9.59 Å². The molecule has 2 aromatic carbocycles. The summed E-state index contributed by atoms with van der Waals surface area (Å²) in [5.74, 6) is -0.178. The minimum absolute atomic E-state index is 0.328. The van der Waals surface area contributed by atoms with Gasteiger partial charge in [-0.05, 0) is 35.7 Å². The highest BCUT2D eigenvalue weighted by Gasteiger charge is 2.41. The fourth-order valence-corrected chi connectivity index (χ4v) is 4.72. The quantitative estimate of drug-likeness (QED) is 0.582. The topological polar surface area (TPSA) is 46.6 Å². The second-order valence-corrected chi connectivity index (χ2v) is 7.75. The van der Waals surface area contributed by atoms with Crippen LogP contribution in [-0.4, -0.2) is 18.9 Å². The van der Waals surface area contributed by atoms with E-state index in [2.05, 4.69) is 0 Å². The Kier molecular flexibility index (Phi) is 4.83. The first kappa shape index (κ1) is 17.6. The molecule has 0 radical (unpaired) electrons. The molecule has 0 saturated heterocycles. The van der Waals surface area contributed by atoms with E-state index in [4.69, 9.17) is 4.74 Å². The summed E-state index contributed by atoms with van der Waals surface area (Å²) in [6.45, 7) is 0. The van der Waals surface area contributed by atoms with Gasteiger partial charge in [0.05, 0.1) is 23.3 Å². The molecule has 0 atom stereocenters. The molecule has 6 heteroatoms. The molecule has 0 N–H and O–H groups in total. The first-order valence-corrected chi connectivity index (χ1v) is 9.93. The smallest absolute Gasteiger partial charge is 0.273 e. The van der Waals surface area contributed by atoms with Gasteiger partial charge in [-0.2, -0.15) is 0 Å². The molecule has 1 aliphatic rings. The van der Waals surface area contributed by atoms with E-state index >= 15 is 0 Å². The van der Waals surface area contributed by atoms with Crippen molar-refractivity contribution < 1.29 is 14.3 Å². The van der Waals surface area contributed by atoms with Gasteiger partial charge in [-0.15, -0.1) is 11.3 Å². The number of thiophene rings is 1. The Morgan fingerprint density at radius 3 is 2.33 bits per heavy atom. The van der Waals surface area contributed by atoms with Crippen molar-refractivity contribution in [3.05, 3.63) is 81.9 Å². The number of hydrogen-bond donors (Lipinski definition) is 0. The normalized spacial score (nSPS) is 14.2. The summed E-state index contributed by atoms with van der Waals surface area (Å²) < 4.78 is 5.37. The molecule has 4 nitrogen and oxygen atoms in total. The Bertz CT molecular complexity index is 1030. The number of imide groups is 1. The molecular formula is C21H15NO3S2. The summed E-state index contributed by atoms with van der Waals surface area (Å²) in [6, 6.07) is 20.4. The third-order valence-electron chi connectivity index (χ3n) is 4.10. The summed E-state index contributed by atoms with van der Waals surface area (Å²) in [6.07, 6.45) is 0. The molecule has 3 aromatic rings. The number of benzene rings is 2. The molecule has 134 valence electrons. The Morgan fingerprint density at radius 1 is 0.889 bits per heavy atom. The first-order chi connectivity index (χ1) is 13.2. The summed E-state index contributed by atoms with van der Waals surface area (Å²) in [4.78, 5) is 29.9. The van der Waals surface area contributed by atoms with Crippen LogP contribution in [0.15, 0.2) is 81.9 Å². The zero-order chi connectivity index (χ0) is 18.8. The minimum atomic E-state index is -0.332. The lowest BCUT2D eigenvalue weighted by Crippen LogP contribution is -2.31. The van der Waals surface area contributed by atoms with Crippen LogP contribution in [0.5, 0.6) is 5.75 Å². The van der Waals surface area contributed by atoms with Gasteiger partial charge >= 0.3 is 0 Å². The fourth-order valence-electron chi connectivity index (χ4n) is 2.88. The number of nitrogens with zero attached hydrogens (tertiary/aromatic N) is 1. The van der Waals surface area contributed by atoms with Crippen LogP contribution in [0.25, 0.3) is 5.57 Å². The second-order valence-electron chi connectivity index (χ2n) is 5.71. The van der Waals surface area contributed by atoms with Crippen LogP contribution in [0.3, 0.4) is 0 Å². The van der Waals surface area contributed by atoms with Gasteiger partial charge in [0.25, 0.3) is 11.8 Å². The van der Waals surface area contributed by atoms with Crippen molar-refractivity contribution in [2.24, 2.45) is 0 Å². The van der Waals surface area contributed by atoms with E-state index in [0.29, 0.717) is 21.9 Å². The number of amides is 2. The molecule has 0 unspecified atom stereocenters. The minimum Gasteiger partial charge on any atom is -0.495 e. The maximum Gasteiger partial charge on any atom is 0.273 e. The van der Waals surface area contributed by atoms with Gasteiger partial charge < -0.3 is 4.74 Å². The van der Waals surface area contributed by atoms with Gasteiger partial charge in [-0.1, -0.05) is 48.2 Å². The highest BCUT2D eigenvalue weighted by Crippen LogP contribution is 2.44. The standard InChI is InChI=1S/C21H15NO3S2/c1-25-16-11-6-5-10-15(16)22-20(23)18(17-12-7-13-26-17)19(21(22)24)27-14-8-3-2-4-9-14/h2-13H,1H3. The Labute approximate surface area is 165 Å². The van der Waals surface area contributed by atoms with Crippen molar-refractivity contribution in [2.75, 3.05) is 12.0 Å². The second kappa shape index (κ2) is 7.42. The van der Waals surface area contributed by atoms with Crippen LogP contribution >= 0.6 is 23.1 Å². The Balaban J connectivity index is 1.82. The van der Waals surface area contributed by atoms with Crippen LogP contribution in [0, 0.1) is 0 Å². The summed E-state index contributed by atoms with van der Waals surface area (Å²) in [5.41, 5.74) is 0.891. The highest BCUT2D eigenvalue weighted by molar-refractivity contribution is 8.04. The summed E-state index contributed by atoms with van der Waals surface area (Å²) in [7, 11) is 1.52. The van der Waals surface area contributed by atoms with E-state index in [-0.39, 0.29) is 11.8 Å². The van der Waals surface area contributed by atoms with Gasteiger partial charge in [0, 0.05) is 9.77 Å². The van der Waals surface area contributed by atoms with Crippen LogP contribution in [0.4, 0.5) is 5.69 Å². The molecule has 0 spiro atoms. The lowest BCUT2D eigenvalue weighted by Gasteiger charge is -2.18. The first-order valence-electron chi connectivity index (χ1n) is 8.23. The molecule has 2 amide bonds. The summed E-state index contributed by atoms with van der Waals surface area (Å²) in [5, 5.41) is 1.90. The third kappa shape index (κ3) is 3.18. The van der Waals surface area contributed by atoms with Gasteiger partial charge in [-0.25, -0.2) is 4.90 Å². The van der Waals surface area contributed by atoms with Crippen LogP contribution in [-0.2, 0) is 9.59 Å². The van der Waals surface area contributed by atoms with Gasteiger partial charge in [0.15, 0.2) is 0 Å². The Hall–Kier alpha value is -2.83. The average molecular weight is 393 g/mol. The van der Waals surface area contributed by atoms with E-state index in [9.17, 15) is 9.59 Å². The predicted octanol–water partition coefficient (Wildman–Crippen LogP) is 4.83. The van der Waals surface area contributed by atoms with Crippen molar-refractivity contribution >= 4 is 46.2 Å². The molecule has 27 heavy (non-hydrogen) atoms. The van der Waals surface area contributed by atoms with Crippen LogP contribution in [0.2, 0.25) is 0 Å². The van der Waals surface area contributed by atoms with Crippen molar-refractivity contribution in [2.45, 2.75) is 4.90 Å². The monoisotopic (exact) mass is 393 g/mol. The van der Waals surface area contributed by atoms with Crippen molar-refractivity contribution in [1.29, 1.82) is 0 Å².